The van der Waals surface area contributed by atoms with Crippen LogP contribution in [0.5, 0.6) is 0 Å². The fourth-order valence-electron chi connectivity index (χ4n) is 2.18. The van der Waals surface area contributed by atoms with Crippen LogP contribution in [-0.2, 0) is 32.3 Å². The molecular weight excluding hydrogens is 330 g/mol. The standard InChI is InChI=1S/2C11H15.Zn/c2*1-3-10(2)9-11-7-5-4-6-8-11;/h2*4-8,10H,2-3,9H2,1H3;/q2*-1;+2. The predicted octanol–water partition coefficient (Wildman–Crippen LogP) is 6.18. The summed E-state index contributed by atoms with van der Waals surface area (Å²) in [5.41, 5.74) is 2.80. The fraction of sp³-hybridized carbons (Fsp3) is 0.364. The van der Waals surface area contributed by atoms with Gasteiger partial charge in [0.1, 0.15) is 0 Å². The SMILES string of the molecule is [CH2-]C(CC)Cc1ccccc1.[CH2-]C(CC)Cc1ccccc1.[Zn+2]. The van der Waals surface area contributed by atoms with Gasteiger partial charge in [-0.1, -0.05) is 111 Å². The van der Waals surface area contributed by atoms with E-state index >= 15 is 0 Å². The van der Waals surface area contributed by atoms with E-state index in [4.69, 9.17) is 0 Å². The Hall–Kier alpha value is -0.937. The van der Waals surface area contributed by atoms with Crippen molar-refractivity contribution in [3.05, 3.63) is 85.6 Å². The minimum atomic E-state index is 0. The van der Waals surface area contributed by atoms with Gasteiger partial charge >= 0.3 is 19.5 Å². The molecule has 0 amide bonds. The maximum absolute atomic E-state index is 4.05. The summed E-state index contributed by atoms with van der Waals surface area (Å²) < 4.78 is 0. The molecule has 2 unspecified atom stereocenters. The summed E-state index contributed by atoms with van der Waals surface area (Å²) in [4.78, 5) is 0. The molecule has 2 rings (SSSR count). The van der Waals surface area contributed by atoms with Crippen LogP contribution in [0.25, 0.3) is 0 Å². The molecule has 0 aliphatic rings. The van der Waals surface area contributed by atoms with Crippen molar-refractivity contribution in [2.24, 2.45) is 11.8 Å². The van der Waals surface area contributed by atoms with E-state index in [9.17, 15) is 0 Å². The van der Waals surface area contributed by atoms with Crippen LogP contribution in [0, 0.1) is 25.7 Å². The molecule has 0 radical (unpaired) electrons. The molecule has 0 nitrogen and oxygen atoms in total. The Labute approximate surface area is 156 Å². The summed E-state index contributed by atoms with van der Waals surface area (Å²) in [6.45, 7) is 12.5. The molecule has 0 fully saturated rings. The normalized spacial score (nSPS) is 12.3. The Kier molecular flexibility index (Phi) is 12.9. The van der Waals surface area contributed by atoms with Crippen molar-refractivity contribution in [3.63, 3.8) is 0 Å². The number of rotatable bonds is 6. The van der Waals surface area contributed by atoms with Crippen LogP contribution < -0.4 is 0 Å². The molecule has 2 atom stereocenters. The zero-order valence-corrected chi connectivity index (χ0v) is 17.8. The van der Waals surface area contributed by atoms with E-state index < -0.39 is 0 Å². The third-order valence-electron chi connectivity index (χ3n) is 3.89. The first-order valence-electron chi connectivity index (χ1n) is 8.39. The first-order valence-corrected chi connectivity index (χ1v) is 8.39. The van der Waals surface area contributed by atoms with E-state index in [0.29, 0.717) is 11.8 Å². The molecule has 0 aliphatic carbocycles. The van der Waals surface area contributed by atoms with E-state index in [0.717, 1.165) is 25.7 Å². The zero-order chi connectivity index (χ0) is 16.2. The van der Waals surface area contributed by atoms with Gasteiger partial charge in [0.15, 0.2) is 0 Å². The van der Waals surface area contributed by atoms with Crippen LogP contribution in [-0.4, -0.2) is 0 Å². The first-order chi connectivity index (χ1) is 10.7. The van der Waals surface area contributed by atoms with Crippen molar-refractivity contribution < 1.29 is 19.5 Å². The topological polar surface area (TPSA) is 0 Å². The van der Waals surface area contributed by atoms with Crippen molar-refractivity contribution in [1.29, 1.82) is 0 Å². The second-order valence-electron chi connectivity index (χ2n) is 5.93. The van der Waals surface area contributed by atoms with Crippen LogP contribution >= 0.6 is 0 Å². The van der Waals surface area contributed by atoms with Gasteiger partial charge in [-0.2, -0.15) is 11.8 Å². The number of hydrogen-bond acceptors (Lipinski definition) is 0. The monoisotopic (exact) mass is 358 g/mol. The Balaban J connectivity index is 0.000000403. The molecule has 23 heavy (non-hydrogen) atoms. The smallest absolute Gasteiger partial charge is 0.340 e. The molecule has 0 bridgehead atoms. The Morgan fingerprint density at radius 1 is 0.652 bits per heavy atom. The summed E-state index contributed by atoms with van der Waals surface area (Å²) in [6, 6.07) is 21.1. The molecule has 0 spiro atoms. The van der Waals surface area contributed by atoms with Crippen molar-refractivity contribution in [2.45, 2.75) is 39.5 Å². The van der Waals surface area contributed by atoms with Gasteiger partial charge in [-0.3, -0.25) is 0 Å². The van der Waals surface area contributed by atoms with Crippen LogP contribution in [0.15, 0.2) is 60.7 Å². The van der Waals surface area contributed by atoms with E-state index in [1.54, 1.807) is 0 Å². The molecule has 0 N–H and O–H groups in total. The number of hydrogen-bond donors (Lipinski definition) is 0. The molecule has 120 valence electrons. The van der Waals surface area contributed by atoms with Crippen LogP contribution in [0.1, 0.15) is 37.8 Å². The Morgan fingerprint density at radius 2 is 0.957 bits per heavy atom. The molecule has 2 aromatic rings. The van der Waals surface area contributed by atoms with Crippen molar-refractivity contribution in [3.8, 4) is 0 Å². The first kappa shape index (κ1) is 22.1. The third kappa shape index (κ3) is 10.5. The molecule has 0 heterocycles. The quantitative estimate of drug-likeness (QED) is 0.427. The maximum atomic E-state index is 4.05. The van der Waals surface area contributed by atoms with Crippen molar-refractivity contribution in [1.82, 2.24) is 0 Å². The van der Waals surface area contributed by atoms with E-state index in [1.807, 2.05) is 12.1 Å². The average molecular weight is 360 g/mol. The number of benzene rings is 2. The van der Waals surface area contributed by atoms with Crippen LogP contribution in [0.2, 0.25) is 0 Å². The van der Waals surface area contributed by atoms with Crippen molar-refractivity contribution >= 4 is 0 Å². The Bertz CT molecular complexity index is 430. The van der Waals surface area contributed by atoms with Gasteiger partial charge in [-0.15, -0.1) is 0 Å². The van der Waals surface area contributed by atoms with Crippen LogP contribution in [0.3, 0.4) is 0 Å². The summed E-state index contributed by atoms with van der Waals surface area (Å²) >= 11 is 0. The van der Waals surface area contributed by atoms with Gasteiger partial charge in [-0.25, -0.2) is 0 Å². The van der Waals surface area contributed by atoms with Crippen LogP contribution in [0.4, 0.5) is 0 Å². The Morgan fingerprint density at radius 3 is 1.22 bits per heavy atom. The summed E-state index contributed by atoms with van der Waals surface area (Å²) in [6.07, 6.45) is 4.54. The maximum Gasteiger partial charge on any atom is 2.00 e. The minimum absolute atomic E-state index is 0. The second-order valence-corrected chi connectivity index (χ2v) is 5.93. The van der Waals surface area contributed by atoms with Crippen molar-refractivity contribution in [2.75, 3.05) is 0 Å². The van der Waals surface area contributed by atoms with Gasteiger partial charge in [0.2, 0.25) is 0 Å². The molecule has 0 saturated heterocycles. The summed E-state index contributed by atoms with van der Waals surface area (Å²) in [7, 11) is 0. The van der Waals surface area contributed by atoms with Gasteiger partial charge in [0, 0.05) is 0 Å². The van der Waals surface area contributed by atoms with Gasteiger partial charge in [-0.05, 0) is 0 Å². The summed E-state index contributed by atoms with van der Waals surface area (Å²) in [5.74, 6) is 1.13. The second kappa shape index (κ2) is 13.5. The molecular formula is C22H30Zn. The minimum Gasteiger partial charge on any atom is -0.340 e. The molecule has 1 heteroatoms. The average Bonchev–Trinajstić information content (AvgIpc) is 2.57. The largest absolute Gasteiger partial charge is 2.00 e. The predicted molar refractivity (Wildman–Crippen MR) is 98.6 cm³/mol. The zero-order valence-electron chi connectivity index (χ0n) is 14.9. The van der Waals surface area contributed by atoms with E-state index in [2.05, 4.69) is 76.2 Å². The van der Waals surface area contributed by atoms with Gasteiger partial charge in [0.05, 0.1) is 0 Å². The third-order valence-corrected chi connectivity index (χ3v) is 3.89. The fourth-order valence-corrected chi connectivity index (χ4v) is 2.18. The summed E-state index contributed by atoms with van der Waals surface area (Å²) in [5, 5.41) is 0. The molecule has 2 aromatic carbocycles. The van der Waals surface area contributed by atoms with E-state index in [-0.39, 0.29) is 19.5 Å². The molecule has 0 saturated carbocycles. The molecule has 0 aromatic heterocycles. The van der Waals surface area contributed by atoms with Gasteiger partial charge < -0.3 is 13.8 Å². The molecule has 0 aliphatic heterocycles. The van der Waals surface area contributed by atoms with E-state index in [1.165, 1.54) is 11.1 Å². The van der Waals surface area contributed by atoms with Gasteiger partial charge in [0.25, 0.3) is 0 Å².